The fraction of sp³-hybridized carbons (Fsp3) is 0.778. The maximum Gasteiger partial charge on any atom is 0.0593 e. The first kappa shape index (κ1) is 11.6. The molecule has 0 aliphatic rings. The molecule has 12 heavy (non-hydrogen) atoms. The Morgan fingerprint density at radius 2 is 2.17 bits per heavy atom. The average Bonchev–Trinajstić information content (AvgIpc) is 2.02. The van der Waals surface area contributed by atoms with Crippen LogP contribution in [0, 0.1) is 0 Å². The summed E-state index contributed by atoms with van der Waals surface area (Å²) < 4.78 is 5.35. The minimum Gasteiger partial charge on any atom is -0.379 e. The summed E-state index contributed by atoms with van der Waals surface area (Å²) in [7, 11) is 4.08. The molecule has 0 saturated carbocycles. The van der Waals surface area contributed by atoms with Crippen molar-refractivity contribution < 1.29 is 4.74 Å². The molecule has 72 valence electrons. The first-order valence-corrected chi connectivity index (χ1v) is 4.31. The van der Waals surface area contributed by atoms with Crippen molar-refractivity contribution >= 4 is 0 Å². The molecule has 0 unspecified atom stereocenters. The van der Waals surface area contributed by atoms with Crippen molar-refractivity contribution in [1.82, 2.24) is 10.2 Å². The number of ether oxygens (including phenoxy) is 1. The Bertz CT molecular complexity index is 105. The van der Waals surface area contributed by atoms with Crippen LogP contribution in [0.25, 0.3) is 0 Å². The summed E-state index contributed by atoms with van der Waals surface area (Å²) in [6, 6.07) is 0. The highest BCUT2D eigenvalue weighted by atomic mass is 16.5. The first-order valence-electron chi connectivity index (χ1n) is 4.31. The van der Waals surface area contributed by atoms with E-state index in [4.69, 9.17) is 4.74 Å². The Kier molecular flexibility index (Phi) is 8.44. The zero-order valence-electron chi connectivity index (χ0n) is 8.18. The summed E-state index contributed by atoms with van der Waals surface area (Å²) >= 11 is 0. The van der Waals surface area contributed by atoms with Gasteiger partial charge < -0.3 is 15.0 Å². The highest BCUT2D eigenvalue weighted by Crippen LogP contribution is 1.77. The molecule has 0 radical (unpaired) electrons. The van der Waals surface area contributed by atoms with Gasteiger partial charge in [-0.2, -0.15) is 0 Å². The molecule has 3 heteroatoms. The number of rotatable bonds is 8. The molecule has 0 aromatic carbocycles. The van der Waals surface area contributed by atoms with E-state index in [1.54, 1.807) is 0 Å². The van der Waals surface area contributed by atoms with Gasteiger partial charge in [-0.1, -0.05) is 6.08 Å². The van der Waals surface area contributed by atoms with E-state index in [9.17, 15) is 0 Å². The molecule has 3 nitrogen and oxygen atoms in total. The van der Waals surface area contributed by atoms with E-state index in [1.807, 2.05) is 20.2 Å². The first-order chi connectivity index (χ1) is 5.77. The normalized spacial score (nSPS) is 10.6. The molecule has 0 aromatic heterocycles. The van der Waals surface area contributed by atoms with Crippen LogP contribution in [0.1, 0.15) is 0 Å². The standard InChI is InChI=1S/C9H20N2O/c1-4-5-10-6-8-12-9-7-11(2)3/h4,10H,1,5-9H2,2-3H3. The van der Waals surface area contributed by atoms with Gasteiger partial charge in [0.15, 0.2) is 0 Å². The fourth-order valence-corrected chi connectivity index (χ4v) is 0.698. The highest BCUT2D eigenvalue weighted by Gasteiger charge is 1.89. The predicted molar refractivity (Wildman–Crippen MR) is 52.4 cm³/mol. The minimum atomic E-state index is 0.779. The Balaban J connectivity index is 2.86. The van der Waals surface area contributed by atoms with Gasteiger partial charge in [-0.3, -0.25) is 0 Å². The monoisotopic (exact) mass is 172 g/mol. The van der Waals surface area contributed by atoms with Gasteiger partial charge in [0.05, 0.1) is 13.2 Å². The van der Waals surface area contributed by atoms with Crippen LogP contribution < -0.4 is 5.32 Å². The van der Waals surface area contributed by atoms with E-state index < -0.39 is 0 Å². The molecule has 0 atom stereocenters. The second kappa shape index (κ2) is 8.71. The molecule has 0 bridgehead atoms. The molecular weight excluding hydrogens is 152 g/mol. The van der Waals surface area contributed by atoms with Gasteiger partial charge in [-0.05, 0) is 14.1 Å². The highest BCUT2D eigenvalue weighted by molar-refractivity contribution is 4.68. The van der Waals surface area contributed by atoms with Crippen LogP contribution in [0.2, 0.25) is 0 Å². The summed E-state index contributed by atoms with van der Waals surface area (Å²) in [5.41, 5.74) is 0. The second-order valence-corrected chi connectivity index (χ2v) is 2.91. The molecule has 1 N–H and O–H groups in total. The lowest BCUT2D eigenvalue weighted by molar-refractivity contribution is 0.120. The van der Waals surface area contributed by atoms with Crippen LogP contribution in [-0.4, -0.2) is 51.8 Å². The molecule has 0 aromatic rings. The minimum absolute atomic E-state index is 0.779. The maximum atomic E-state index is 5.35. The third-order valence-electron chi connectivity index (χ3n) is 1.39. The maximum absolute atomic E-state index is 5.35. The van der Waals surface area contributed by atoms with E-state index in [2.05, 4.69) is 16.8 Å². The lowest BCUT2D eigenvalue weighted by atomic mass is 10.6. The molecule has 0 amide bonds. The van der Waals surface area contributed by atoms with Crippen molar-refractivity contribution in [2.24, 2.45) is 0 Å². The van der Waals surface area contributed by atoms with Crippen molar-refractivity contribution in [2.75, 3.05) is 46.9 Å². The van der Waals surface area contributed by atoms with Crippen molar-refractivity contribution in [3.63, 3.8) is 0 Å². The lowest BCUT2D eigenvalue weighted by Crippen LogP contribution is -2.23. The van der Waals surface area contributed by atoms with E-state index in [1.165, 1.54) is 0 Å². The number of nitrogens with one attached hydrogen (secondary N) is 1. The average molecular weight is 172 g/mol. The quantitative estimate of drug-likeness (QED) is 0.422. The lowest BCUT2D eigenvalue weighted by Gasteiger charge is -2.09. The molecule has 0 heterocycles. The van der Waals surface area contributed by atoms with Crippen LogP contribution in [0.5, 0.6) is 0 Å². The van der Waals surface area contributed by atoms with Gasteiger partial charge in [-0.15, -0.1) is 6.58 Å². The van der Waals surface area contributed by atoms with Crippen molar-refractivity contribution in [3.05, 3.63) is 12.7 Å². The summed E-state index contributed by atoms with van der Waals surface area (Å²) in [6.07, 6.45) is 1.85. The van der Waals surface area contributed by atoms with Gasteiger partial charge in [-0.25, -0.2) is 0 Å². The number of nitrogens with zero attached hydrogens (tertiary/aromatic N) is 1. The Morgan fingerprint density at radius 1 is 1.42 bits per heavy atom. The molecule has 0 aliphatic carbocycles. The van der Waals surface area contributed by atoms with Crippen LogP contribution in [0.3, 0.4) is 0 Å². The molecule has 0 aliphatic heterocycles. The predicted octanol–water partition coefficient (Wildman–Crippen LogP) is 0.340. The van der Waals surface area contributed by atoms with Crippen LogP contribution >= 0.6 is 0 Å². The van der Waals surface area contributed by atoms with E-state index in [0.717, 1.165) is 32.8 Å². The summed E-state index contributed by atoms with van der Waals surface area (Å²) in [4.78, 5) is 2.11. The van der Waals surface area contributed by atoms with Crippen molar-refractivity contribution in [1.29, 1.82) is 0 Å². The Labute approximate surface area is 75.4 Å². The zero-order chi connectivity index (χ0) is 9.23. The van der Waals surface area contributed by atoms with Crippen LogP contribution in [0.4, 0.5) is 0 Å². The van der Waals surface area contributed by atoms with Gasteiger partial charge in [0.1, 0.15) is 0 Å². The third kappa shape index (κ3) is 9.62. The van der Waals surface area contributed by atoms with E-state index in [-0.39, 0.29) is 0 Å². The van der Waals surface area contributed by atoms with Crippen LogP contribution in [-0.2, 0) is 4.74 Å². The molecule has 0 spiro atoms. The number of hydrogen-bond donors (Lipinski definition) is 1. The largest absolute Gasteiger partial charge is 0.379 e. The van der Waals surface area contributed by atoms with Gasteiger partial charge in [0, 0.05) is 19.6 Å². The Morgan fingerprint density at radius 3 is 2.75 bits per heavy atom. The summed E-state index contributed by atoms with van der Waals surface area (Å²) in [5, 5.41) is 3.17. The molecule has 0 rings (SSSR count). The van der Waals surface area contributed by atoms with Crippen molar-refractivity contribution in [2.45, 2.75) is 0 Å². The molecule has 0 fully saturated rings. The second-order valence-electron chi connectivity index (χ2n) is 2.91. The van der Waals surface area contributed by atoms with Gasteiger partial charge in [0.2, 0.25) is 0 Å². The zero-order valence-corrected chi connectivity index (χ0v) is 8.18. The van der Waals surface area contributed by atoms with Gasteiger partial charge in [0.25, 0.3) is 0 Å². The third-order valence-corrected chi connectivity index (χ3v) is 1.39. The van der Waals surface area contributed by atoms with E-state index >= 15 is 0 Å². The number of hydrogen-bond acceptors (Lipinski definition) is 3. The van der Waals surface area contributed by atoms with E-state index in [0.29, 0.717) is 0 Å². The van der Waals surface area contributed by atoms with Gasteiger partial charge >= 0.3 is 0 Å². The van der Waals surface area contributed by atoms with Crippen LogP contribution in [0.15, 0.2) is 12.7 Å². The fourth-order valence-electron chi connectivity index (χ4n) is 0.698. The smallest absolute Gasteiger partial charge is 0.0593 e. The van der Waals surface area contributed by atoms with Crippen molar-refractivity contribution in [3.8, 4) is 0 Å². The SMILES string of the molecule is C=CCNCCOCCN(C)C. The summed E-state index contributed by atoms with van der Waals surface area (Å²) in [5.74, 6) is 0. The molecular formula is C9H20N2O. The topological polar surface area (TPSA) is 24.5 Å². The summed E-state index contributed by atoms with van der Waals surface area (Å²) in [6.45, 7) is 7.94. The Hall–Kier alpha value is -0.380. The molecule has 0 saturated heterocycles. The number of likely N-dealkylation sites (N-methyl/N-ethyl adjacent to an activating group) is 1.